The Hall–Kier alpha value is -1.88. The second kappa shape index (κ2) is 4.66. The molecule has 1 aromatic rings. The molecule has 2 heterocycles. The molecule has 2 N–H and O–H groups in total. The summed E-state index contributed by atoms with van der Waals surface area (Å²) in [6.07, 6.45) is 1.20. The van der Waals surface area contributed by atoms with Crippen LogP contribution in [0.4, 0.5) is 0 Å². The summed E-state index contributed by atoms with van der Waals surface area (Å²) in [4.78, 5) is 24.7. The van der Waals surface area contributed by atoms with Gasteiger partial charge in [0, 0.05) is 13.1 Å². The van der Waals surface area contributed by atoms with Gasteiger partial charge in [-0.25, -0.2) is 4.79 Å². The molecule has 100 valence electrons. The fourth-order valence-electron chi connectivity index (χ4n) is 2.74. The summed E-state index contributed by atoms with van der Waals surface area (Å²) in [5.41, 5.74) is 2.39. The standard InChI is InChI=1S/C14H16N2O3/c17-13(16-6-5-12(16)14(18)19)11-7-9-3-1-2-4-10(9)8-15-11/h1-4,11-12,15H,5-8H2,(H,18,19). The Morgan fingerprint density at radius 1 is 1.26 bits per heavy atom. The lowest BCUT2D eigenvalue weighted by Crippen LogP contribution is -2.60. The van der Waals surface area contributed by atoms with E-state index in [1.807, 2.05) is 24.3 Å². The first kappa shape index (κ1) is 12.2. The number of carboxylic acid groups (broad SMARTS) is 1. The molecule has 0 spiro atoms. The molecule has 1 saturated heterocycles. The summed E-state index contributed by atoms with van der Waals surface area (Å²) in [7, 11) is 0. The van der Waals surface area contributed by atoms with E-state index in [1.54, 1.807) is 0 Å². The molecular weight excluding hydrogens is 244 g/mol. The smallest absolute Gasteiger partial charge is 0.326 e. The number of aliphatic carboxylic acids is 1. The van der Waals surface area contributed by atoms with Crippen molar-refractivity contribution < 1.29 is 14.7 Å². The van der Waals surface area contributed by atoms with Crippen LogP contribution in [0.3, 0.4) is 0 Å². The summed E-state index contributed by atoms with van der Waals surface area (Å²) in [6.45, 7) is 1.22. The molecule has 0 radical (unpaired) electrons. The minimum Gasteiger partial charge on any atom is -0.480 e. The molecule has 1 amide bonds. The maximum atomic E-state index is 12.3. The highest BCUT2D eigenvalue weighted by molar-refractivity contribution is 5.89. The average Bonchev–Trinajstić information content (AvgIpc) is 2.36. The molecular formula is C14H16N2O3. The Kier molecular flexibility index (Phi) is 2.98. The lowest BCUT2D eigenvalue weighted by Gasteiger charge is -2.41. The summed E-state index contributed by atoms with van der Waals surface area (Å²) in [5, 5.41) is 12.2. The van der Waals surface area contributed by atoms with E-state index in [0.717, 1.165) is 0 Å². The predicted octanol–water partition coefficient (Wildman–Crippen LogP) is 0.386. The molecule has 2 aliphatic heterocycles. The third kappa shape index (κ3) is 2.10. The highest BCUT2D eigenvalue weighted by Gasteiger charge is 2.40. The van der Waals surface area contributed by atoms with Gasteiger partial charge in [0.15, 0.2) is 0 Å². The van der Waals surface area contributed by atoms with Gasteiger partial charge in [-0.15, -0.1) is 0 Å². The molecule has 2 aliphatic rings. The number of fused-ring (bicyclic) bond motifs is 1. The van der Waals surface area contributed by atoms with Crippen molar-refractivity contribution in [1.29, 1.82) is 0 Å². The second-order valence-electron chi connectivity index (χ2n) is 5.08. The second-order valence-corrected chi connectivity index (χ2v) is 5.08. The molecule has 5 nitrogen and oxygen atoms in total. The van der Waals surface area contributed by atoms with Gasteiger partial charge in [0.25, 0.3) is 0 Å². The third-order valence-electron chi connectivity index (χ3n) is 3.97. The Morgan fingerprint density at radius 2 is 2.00 bits per heavy atom. The first-order chi connectivity index (χ1) is 9.16. The van der Waals surface area contributed by atoms with Crippen molar-refractivity contribution in [3.63, 3.8) is 0 Å². The minimum atomic E-state index is -0.907. The topological polar surface area (TPSA) is 69.6 Å². The third-order valence-corrected chi connectivity index (χ3v) is 3.97. The van der Waals surface area contributed by atoms with E-state index >= 15 is 0 Å². The fourth-order valence-corrected chi connectivity index (χ4v) is 2.74. The lowest BCUT2D eigenvalue weighted by molar-refractivity contribution is -0.158. The van der Waals surface area contributed by atoms with E-state index in [1.165, 1.54) is 16.0 Å². The number of benzene rings is 1. The summed E-state index contributed by atoms with van der Waals surface area (Å²) in [6, 6.07) is 7.10. The van der Waals surface area contributed by atoms with Crippen molar-refractivity contribution in [2.45, 2.75) is 31.5 Å². The predicted molar refractivity (Wildman–Crippen MR) is 68.5 cm³/mol. The van der Waals surface area contributed by atoms with Gasteiger partial charge < -0.3 is 15.3 Å². The highest BCUT2D eigenvalue weighted by Crippen LogP contribution is 2.22. The molecule has 0 aliphatic carbocycles. The number of likely N-dealkylation sites (tertiary alicyclic amines) is 1. The molecule has 0 bridgehead atoms. The van der Waals surface area contributed by atoms with Crippen LogP contribution in [0.2, 0.25) is 0 Å². The Balaban J connectivity index is 1.71. The Morgan fingerprint density at radius 3 is 2.63 bits per heavy atom. The number of nitrogens with zero attached hydrogens (tertiary/aromatic N) is 1. The van der Waals surface area contributed by atoms with Crippen molar-refractivity contribution in [2.75, 3.05) is 6.54 Å². The van der Waals surface area contributed by atoms with Crippen molar-refractivity contribution in [1.82, 2.24) is 10.2 Å². The van der Waals surface area contributed by atoms with Crippen molar-refractivity contribution in [3.8, 4) is 0 Å². The maximum absolute atomic E-state index is 12.3. The molecule has 2 atom stereocenters. The van der Waals surface area contributed by atoms with Crippen LogP contribution >= 0.6 is 0 Å². The van der Waals surface area contributed by atoms with E-state index < -0.39 is 12.0 Å². The molecule has 19 heavy (non-hydrogen) atoms. The SMILES string of the molecule is O=C(O)C1CCN1C(=O)C1Cc2ccccc2CN1. The van der Waals surface area contributed by atoms with Crippen LogP contribution in [0.5, 0.6) is 0 Å². The van der Waals surface area contributed by atoms with Crippen molar-refractivity contribution >= 4 is 11.9 Å². The van der Waals surface area contributed by atoms with Crippen LogP contribution in [0.15, 0.2) is 24.3 Å². The number of carboxylic acids is 1. The maximum Gasteiger partial charge on any atom is 0.326 e. The minimum absolute atomic E-state index is 0.0897. The summed E-state index contributed by atoms with van der Waals surface area (Å²) < 4.78 is 0. The largest absolute Gasteiger partial charge is 0.480 e. The van der Waals surface area contributed by atoms with Crippen LogP contribution in [-0.4, -0.2) is 40.5 Å². The molecule has 1 fully saturated rings. The van der Waals surface area contributed by atoms with Gasteiger partial charge in [-0.2, -0.15) is 0 Å². The summed E-state index contributed by atoms with van der Waals surface area (Å²) >= 11 is 0. The first-order valence-corrected chi connectivity index (χ1v) is 6.50. The number of rotatable bonds is 2. The van der Waals surface area contributed by atoms with Gasteiger partial charge in [-0.3, -0.25) is 4.79 Å². The van der Waals surface area contributed by atoms with E-state index in [4.69, 9.17) is 5.11 Å². The van der Waals surface area contributed by atoms with Crippen LogP contribution in [0.1, 0.15) is 17.5 Å². The number of carbonyl (C=O) groups is 2. The number of hydrogen-bond donors (Lipinski definition) is 2. The lowest BCUT2D eigenvalue weighted by atomic mass is 9.93. The molecule has 0 aromatic heterocycles. The number of amides is 1. The monoisotopic (exact) mass is 260 g/mol. The first-order valence-electron chi connectivity index (χ1n) is 6.50. The summed E-state index contributed by atoms with van der Waals surface area (Å²) in [5.74, 6) is -0.996. The van der Waals surface area contributed by atoms with Crippen molar-refractivity contribution in [3.05, 3.63) is 35.4 Å². The number of hydrogen-bond acceptors (Lipinski definition) is 3. The van der Waals surface area contributed by atoms with Gasteiger partial charge in [0.05, 0.1) is 6.04 Å². The van der Waals surface area contributed by atoms with E-state index in [9.17, 15) is 9.59 Å². The van der Waals surface area contributed by atoms with Gasteiger partial charge in [0.1, 0.15) is 6.04 Å². The zero-order valence-corrected chi connectivity index (χ0v) is 10.5. The zero-order valence-electron chi connectivity index (χ0n) is 10.5. The Labute approximate surface area is 111 Å². The van der Waals surface area contributed by atoms with Crippen molar-refractivity contribution in [2.24, 2.45) is 0 Å². The van der Waals surface area contributed by atoms with E-state index in [0.29, 0.717) is 25.9 Å². The molecule has 3 rings (SSSR count). The quantitative estimate of drug-likeness (QED) is 0.807. The van der Waals surface area contributed by atoms with Crippen LogP contribution in [-0.2, 0) is 22.6 Å². The molecule has 0 saturated carbocycles. The van der Waals surface area contributed by atoms with E-state index in [-0.39, 0.29) is 11.9 Å². The number of nitrogens with one attached hydrogen (secondary N) is 1. The van der Waals surface area contributed by atoms with Gasteiger partial charge in [0.2, 0.25) is 5.91 Å². The highest BCUT2D eigenvalue weighted by atomic mass is 16.4. The van der Waals surface area contributed by atoms with Gasteiger partial charge >= 0.3 is 5.97 Å². The van der Waals surface area contributed by atoms with Gasteiger partial charge in [-0.1, -0.05) is 24.3 Å². The molecule has 5 heteroatoms. The van der Waals surface area contributed by atoms with Crippen LogP contribution < -0.4 is 5.32 Å². The average molecular weight is 260 g/mol. The Bertz CT molecular complexity index is 529. The van der Waals surface area contributed by atoms with Gasteiger partial charge in [-0.05, 0) is 24.0 Å². The molecule has 1 aromatic carbocycles. The zero-order chi connectivity index (χ0) is 13.4. The molecule has 2 unspecified atom stereocenters. The normalized spacial score (nSPS) is 25.4. The van der Waals surface area contributed by atoms with E-state index in [2.05, 4.69) is 5.32 Å². The van der Waals surface area contributed by atoms with Crippen LogP contribution in [0, 0.1) is 0 Å². The number of carbonyl (C=O) groups excluding carboxylic acids is 1. The van der Waals surface area contributed by atoms with Crippen LogP contribution in [0.25, 0.3) is 0 Å². The fraction of sp³-hybridized carbons (Fsp3) is 0.429.